The second-order valence-electron chi connectivity index (χ2n) is 10.6. The number of likely N-dealkylation sites (tertiary alicyclic amines) is 1. The topological polar surface area (TPSA) is 122 Å². The van der Waals surface area contributed by atoms with E-state index < -0.39 is 41.0 Å². The van der Waals surface area contributed by atoms with Gasteiger partial charge in [-0.2, -0.15) is 0 Å². The Labute approximate surface area is 208 Å². The van der Waals surface area contributed by atoms with Crippen LogP contribution in [-0.2, 0) is 24.5 Å². The monoisotopic (exact) mass is 536 g/mol. The lowest BCUT2D eigenvalue weighted by molar-refractivity contribution is -0.142. The average molecular weight is 537 g/mol. The highest BCUT2D eigenvalue weighted by Crippen LogP contribution is 2.47. The molecule has 1 aromatic carbocycles. The molecule has 4 amide bonds. The predicted octanol–water partition coefficient (Wildman–Crippen LogP) is 3.01. The highest BCUT2D eigenvalue weighted by atomic mass is 79.9. The van der Waals surface area contributed by atoms with Crippen molar-refractivity contribution in [2.45, 2.75) is 70.6 Å². The molecule has 1 fully saturated rings. The van der Waals surface area contributed by atoms with Crippen molar-refractivity contribution < 1.29 is 23.9 Å². The molecule has 1 saturated heterocycles. The van der Waals surface area contributed by atoms with Gasteiger partial charge in [-0.05, 0) is 63.3 Å². The fourth-order valence-corrected chi connectivity index (χ4v) is 5.02. The molecule has 1 spiro atoms. The number of rotatable bonds is 5. The van der Waals surface area contributed by atoms with Crippen molar-refractivity contribution in [1.29, 1.82) is 0 Å². The Morgan fingerprint density at radius 1 is 1.32 bits per heavy atom. The van der Waals surface area contributed by atoms with E-state index in [4.69, 9.17) is 10.5 Å². The quantitative estimate of drug-likeness (QED) is 0.598. The number of primary amides is 1. The van der Waals surface area contributed by atoms with Crippen molar-refractivity contribution in [3.05, 3.63) is 28.2 Å². The number of nitrogens with one attached hydrogen (secondary N) is 1. The van der Waals surface area contributed by atoms with E-state index >= 15 is 0 Å². The molecule has 3 rings (SSSR count). The molecular weight excluding hydrogens is 504 g/mol. The normalized spacial score (nSPS) is 22.5. The minimum atomic E-state index is -1.10. The molecule has 0 radical (unpaired) electrons. The first kappa shape index (κ1) is 26.0. The molecule has 10 heteroatoms. The van der Waals surface area contributed by atoms with Crippen molar-refractivity contribution in [2.75, 3.05) is 18.9 Å². The lowest BCUT2D eigenvalue weighted by Crippen LogP contribution is -2.54. The summed E-state index contributed by atoms with van der Waals surface area (Å²) in [7, 11) is 1.51. The molecule has 9 nitrogen and oxygen atoms in total. The third-order valence-electron chi connectivity index (χ3n) is 6.28. The van der Waals surface area contributed by atoms with E-state index in [0.29, 0.717) is 17.7 Å². The fraction of sp³-hybridized carbons (Fsp3) is 0.583. The van der Waals surface area contributed by atoms with E-state index in [2.05, 4.69) is 21.2 Å². The molecule has 2 aliphatic rings. The summed E-state index contributed by atoms with van der Waals surface area (Å²) in [5.74, 6) is -1.32. The van der Waals surface area contributed by atoms with Crippen LogP contribution in [0, 0.1) is 5.92 Å². The third kappa shape index (κ3) is 4.92. The zero-order valence-electron chi connectivity index (χ0n) is 20.5. The summed E-state index contributed by atoms with van der Waals surface area (Å²) in [6.45, 7) is 9.13. The van der Waals surface area contributed by atoms with Gasteiger partial charge in [-0.25, -0.2) is 4.79 Å². The van der Waals surface area contributed by atoms with Crippen LogP contribution in [0.15, 0.2) is 22.7 Å². The first-order valence-electron chi connectivity index (χ1n) is 11.3. The minimum absolute atomic E-state index is 0.00845. The molecule has 0 aliphatic carbocycles. The van der Waals surface area contributed by atoms with Crippen molar-refractivity contribution in [1.82, 2.24) is 9.80 Å². The molecule has 0 aromatic heterocycles. The molecule has 186 valence electrons. The van der Waals surface area contributed by atoms with Gasteiger partial charge in [-0.3, -0.25) is 19.3 Å². The summed E-state index contributed by atoms with van der Waals surface area (Å²) in [6.07, 6.45) is -0.199. The maximum Gasteiger partial charge on any atom is 0.410 e. The number of nitrogens with two attached hydrogens (primary N) is 1. The van der Waals surface area contributed by atoms with E-state index in [-0.39, 0.29) is 24.8 Å². The number of likely N-dealkylation sites (N-methyl/N-ethyl adjacent to an activating group) is 1. The van der Waals surface area contributed by atoms with E-state index in [0.717, 1.165) is 4.47 Å². The Bertz CT molecular complexity index is 1020. The van der Waals surface area contributed by atoms with Crippen LogP contribution in [0.3, 0.4) is 0 Å². The molecule has 1 aromatic rings. The van der Waals surface area contributed by atoms with E-state index in [1.54, 1.807) is 26.8 Å². The summed E-state index contributed by atoms with van der Waals surface area (Å²) in [5.41, 5.74) is 5.25. The van der Waals surface area contributed by atoms with Gasteiger partial charge < -0.3 is 20.7 Å². The number of carbonyl (C=O) groups is 4. The van der Waals surface area contributed by atoms with Gasteiger partial charge in [-0.15, -0.1) is 0 Å². The second-order valence-corrected chi connectivity index (χ2v) is 11.5. The molecule has 2 heterocycles. The third-order valence-corrected chi connectivity index (χ3v) is 6.77. The van der Waals surface area contributed by atoms with Crippen LogP contribution in [0.5, 0.6) is 0 Å². The molecule has 0 saturated carbocycles. The number of halogens is 1. The Hall–Kier alpha value is -2.62. The highest BCUT2D eigenvalue weighted by molar-refractivity contribution is 9.10. The molecular formula is C24H33BrN4O5. The summed E-state index contributed by atoms with van der Waals surface area (Å²) >= 11 is 3.44. The van der Waals surface area contributed by atoms with Crippen LogP contribution < -0.4 is 11.1 Å². The molecule has 3 atom stereocenters. The summed E-state index contributed by atoms with van der Waals surface area (Å²) in [5, 5.41) is 2.87. The maximum absolute atomic E-state index is 13.9. The number of benzene rings is 1. The summed E-state index contributed by atoms with van der Waals surface area (Å²) in [4.78, 5) is 54.9. The van der Waals surface area contributed by atoms with Crippen molar-refractivity contribution in [3.63, 3.8) is 0 Å². The number of nitrogens with zero attached hydrogens (tertiary/aromatic N) is 2. The lowest BCUT2D eigenvalue weighted by Gasteiger charge is -2.34. The van der Waals surface area contributed by atoms with Gasteiger partial charge in [0, 0.05) is 23.8 Å². The number of fused-ring (bicyclic) bond motifs is 2. The van der Waals surface area contributed by atoms with E-state index in [1.807, 2.05) is 26.0 Å². The van der Waals surface area contributed by atoms with Crippen LogP contribution in [0.4, 0.5) is 10.5 Å². The number of carbonyl (C=O) groups excluding carboxylic acids is 4. The summed E-state index contributed by atoms with van der Waals surface area (Å²) < 4.78 is 6.26. The molecule has 34 heavy (non-hydrogen) atoms. The zero-order chi connectivity index (χ0) is 25.6. The largest absolute Gasteiger partial charge is 0.444 e. The van der Waals surface area contributed by atoms with Crippen LogP contribution in [0.2, 0.25) is 0 Å². The number of hydrogen-bond acceptors (Lipinski definition) is 5. The summed E-state index contributed by atoms with van der Waals surface area (Å²) in [6, 6.07) is 3.57. The smallest absolute Gasteiger partial charge is 0.410 e. The molecule has 3 N–H and O–H groups in total. The molecule has 2 aliphatic heterocycles. The van der Waals surface area contributed by atoms with Crippen LogP contribution in [0.25, 0.3) is 0 Å². The van der Waals surface area contributed by atoms with Crippen LogP contribution in [0.1, 0.15) is 53.0 Å². The van der Waals surface area contributed by atoms with Gasteiger partial charge in [0.25, 0.3) is 0 Å². The van der Waals surface area contributed by atoms with Crippen molar-refractivity contribution in [3.8, 4) is 0 Å². The van der Waals surface area contributed by atoms with Crippen LogP contribution in [-0.4, -0.2) is 64.9 Å². The lowest BCUT2D eigenvalue weighted by atomic mass is 9.79. The number of anilines is 1. The molecule has 0 bridgehead atoms. The number of hydrogen-bond donors (Lipinski definition) is 2. The first-order chi connectivity index (χ1) is 15.7. The van der Waals surface area contributed by atoms with Gasteiger partial charge in [0.2, 0.25) is 17.7 Å². The van der Waals surface area contributed by atoms with Gasteiger partial charge in [0.15, 0.2) is 0 Å². The Balaban J connectivity index is 1.98. The van der Waals surface area contributed by atoms with Gasteiger partial charge >= 0.3 is 6.09 Å². The van der Waals surface area contributed by atoms with E-state index in [1.165, 1.54) is 16.8 Å². The van der Waals surface area contributed by atoms with Crippen LogP contribution >= 0.6 is 15.9 Å². The SMILES string of the molecule is CC(C)C[C@@H](C(=O)N1C[C@]2(C[C@H]1C(N)=O)C(=O)Nc1ccc(Br)cc12)N(C)C(=O)OC(C)(C)C. The number of ether oxygens (including phenoxy) is 1. The Kier molecular flexibility index (Phi) is 7.04. The maximum atomic E-state index is 13.9. The van der Waals surface area contributed by atoms with Gasteiger partial charge in [0.1, 0.15) is 17.7 Å². The van der Waals surface area contributed by atoms with Gasteiger partial charge in [0.05, 0.1) is 5.41 Å². The Morgan fingerprint density at radius 3 is 2.53 bits per heavy atom. The Morgan fingerprint density at radius 2 is 1.97 bits per heavy atom. The average Bonchev–Trinajstić information content (AvgIpc) is 3.24. The first-order valence-corrected chi connectivity index (χ1v) is 12.1. The van der Waals surface area contributed by atoms with Gasteiger partial charge in [-0.1, -0.05) is 29.8 Å². The van der Waals surface area contributed by atoms with Crippen molar-refractivity contribution in [2.24, 2.45) is 11.7 Å². The predicted molar refractivity (Wildman–Crippen MR) is 131 cm³/mol. The van der Waals surface area contributed by atoms with E-state index in [9.17, 15) is 19.2 Å². The van der Waals surface area contributed by atoms with Crippen molar-refractivity contribution >= 4 is 45.4 Å². The zero-order valence-corrected chi connectivity index (χ0v) is 22.1. The second kappa shape index (κ2) is 9.20. The molecule has 0 unspecified atom stereocenters. The standard InChI is InChI=1S/C24H33BrN4O5/c1-13(2)9-17(28(6)22(33)34-23(3,4)5)20(31)29-12-24(11-18(29)19(26)30)15-10-14(25)7-8-16(15)27-21(24)32/h7-8,10,13,17-18H,9,11-12H2,1-6H3,(H2,26,30)(H,27,32)/t17-,18-,24-/m0/s1. The highest BCUT2D eigenvalue weighted by Gasteiger charge is 2.58. The number of amides is 4. The minimum Gasteiger partial charge on any atom is -0.444 e. The fourth-order valence-electron chi connectivity index (χ4n) is 4.66.